The molecule has 0 spiro atoms. The maximum Gasteiger partial charge on any atom is 0.244 e. The molecule has 2 fully saturated rings. The second kappa shape index (κ2) is 7.84. The predicted octanol–water partition coefficient (Wildman–Crippen LogP) is 2.09. The fraction of sp³-hybridized carbons (Fsp3) is 0.318. The van der Waals surface area contributed by atoms with E-state index in [9.17, 15) is 9.59 Å². The van der Waals surface area contributed by atoms with E-state index in [-0.39, 0.29) is 17.7 Å². The van der Waals surface area contributed by atoms with Gasteiger partial charge in [0, 0.05) is 37.8 Å². The van der Waals surface area contributed by atoms with Gasteiger partial charge in [-0.3, -0.25) is 9.59 Å². The summed E-state index contributed by atoms with van der Waals surface area (Å²) in [5.41, 5.74) is 7.53. The van der Waals surface area contributed by atoms with Crippen LogP contribution in [0, 0.1) is 17.8 Å². The molecule has 1 saturated heterocycles. The highest BCUT2D eigenvalue weighted by Crippen LogP contribution is 2.54. The van der Waals surface area contributed by atoms with Crippen LogP contribution in [0.15, 0.2) is 54.7 Å². The monoisotopic (exact) mass is 376 g/mol. The van der Waals surface area contributed by atoms with Gasteiger partial charge >= 0.3 is 0 Å². The Morgan fingerprint density at radius 2 is 2.07 bits per heavy atom. The van der Waals surface area contributed by atoms with Crippen molar-refractivity contribution in [3.8, 4) is 0 Å². The molecule has 2 aromatic rings. The zero-order chi connectivity index (χ0) is 19.5. The maximum absolute atomic E-state index is 12.6. The molecule has 1 aliphatic carbocycles. The molecule has 2 aliphatic rings. The number of aromatic nitrogens is 1. The molecule has 0 bridgehead atoms. The van der Waals surface area contributed by atoms with Crippen molar-refractivity contribution >= 4 is 23.7 Å². The zero-order valence-corrected chi connectivity index (χ0v) is 15.6. The second-order valence-electron chi connectivity index (χ2n) is 7.49. The van der Waals surface area contributed by atoms with Gasteiger partial charge in [0.2, 0.25) is 11.8 Å². The molecule has 2 amide bonds. The zero-order valence-electron chi connectivity index (χ0n) is 15.6. The van der Waals surface area contributed by atoms with Crippen molar-refractivity contribution in [2.24, 2.45) is 17.8 Å². The number of carbonyl (C=O) groups excluding carboxylic acids is 2. The van der Waals surface area contributed by atoms with Crippen molar-refractivity contribution in [2.75, 3.05) is 18.8 Å². The number of nitrogens with two attached hydrogens (primary N) is 1. The Bertz CT molecular complexity index is 879. The van der Waals surface area contributed by atoms with Crippen LogP contribution in [0.3, 0.4) is 0 Å². The first-order valence-corrected chi connectivity index (χ1v) is 9.62. The van der Waals surface area contributed by atoms with Gasteiger partial charge in [-0.15, -0.1) is 0 Å². The SMILES string of the molecule is Nc1ccc(/C=C/C(=O)NCC[C@@H]2[C@H]3CN(Cc4ccccc4)C(=O)[C@@H]23)cn1. The average molecular weight is 376 g/mol. The number of rotatable bonds is 7. The van der Waals surface area contributed by atoms with Crippen molar-refractivity contribution in [2.45, 2.75) is 13.0 Å². The second-order valence-corrected chi connectivity index (χ2v) is 7.49. The first-order valence-electron chi connectivity index (χ1n) is 9.62. The molecular formula is C22H24N4O2. The molecule has 3 atom stereocenters. The number of hydrogen-bond acceptors (Lipinski definition) is 4. The third kappa shape index (κ3) is 4.06. The number of nitrogen functional groups attached to an aromatic ring is 1. The lowest BCUT2D eigenvalue weighted by atomic mass is 10.1. The Balaban J connectivity index is 1.18. The molecule has 1 aliphatic heterocycles. The van der Waals surface area contributed by atoms with Gasteiger partial charge in [-0.25, -0.2) is 4.98 Å². The number of amides is 2. The highest BCUT2D eigenvalue weighted by Gasteiger charge is 2.60. The number of nitrogens with one attached hydrogen (secondary N) is 1. The Labute approximate surface area is 164 Å². The number of anilines is 1. The molecule has 0 unspecified atom stereocenters. The summed E-state index contributed by atoms with van der Waals surface area (Å²) in [6.45, 7) is 2.12. The summed E-state index contributed by atoms with van der Waals surface area (Å²) < 4.78 is 0. The van der Waals surface area contributed by atoms with E-state index in [0.717, 1.165) is 18.5 Å². The van der Waals surface area contributed by atoms with Crippen LogP contribution < -0.4 is 11.1 Å². The minimum absolute atomic E-state index is 0.139. The van der Waals surface area contributed by atoms with E-state index in [2.05, 4.69) is 22.4 Å². The van der Waals surface area contributed by atoms with Crippen molar-refractivity contribution in [1.29, 1.82) is 0 Å². The van der Waals surface area contributed by atoms with E-state index in [0.29, 0.717) is 30.7 Å². The summed E-state index contributed by atoms with van der Waals surface area (Å²) in [4.78, 5) is 30.4. The highest BCUT2D eigenvalue weighted by atomic mass is 16.2. The molecular weight excluding hydrogens is 352 g/mol. The molecule has 1 aromatic heterocycles. The van der Waals surface area contributed by atoms with E-state index < -0.39 is 0 Å². The lowest BCUT2D eigenvalue weighted by molar-refractivity contribution is -0.131. The quantitative estimate of drug-likeness (QED) is 0.724. The van der Waals surface area contributed by atoms with Gasteiger partial charge in [0.05, 0.1) is 0 Å². The van der Waals surface area contributed by atoms with Crippen LogP contribution in [-0.2, 0) is 16.1 Å². The molecule has 4 rings (SSSR count). The van der Waals surface area contributed by atoms with Crippen LogP contribution in [0.4, 0.5) is 5.82 Å². The number of hydrogen-bond donors (Lipinski definition) is 2. The van der Waals surface area contributed by atoms with Gasteiger partial charge in [-0.05, 0) is 47.6 Å². The number of fused-ring (bicyclic) bond motifs is 1. The van der Waals surface area contributed by atoms with Crippen LogP contribution >= 0.6 is 0 Å². The Morgan fingerprint density at radius 3 is 2.75 bits per heavy atom. The van der Waals surface area contributed by atoms with E-state index in [1.807, 2.05) is 29.2 Å². The summed E-state index contributed by atoms with van der Waals surface area (Å²) in [5, 5.41) is 2.90. The summed E-state index contributed by atoms with van der Waals surface area (Å²) in [5.74, 6) is 1.58. The number of piperidine rings is 1. The van der Waals surface area contributed by atoms with Gasteiger partial charge < -0.3 is 16.0 Å². The van der Waals surface area contributed by atoms with Gasteiger partial charge in [-0.1, -0.05) is 30.3 Å². The summed E-state index contributed by atoms with van der Waals surface area (Å²) in [6.07, 6.45) is 5.67. The van der Waals surface area contributed by atoms with Crippen molar-refractivity contribution in [3.63, 3.8) is 0 Å². The summed E-state index contributed by atoms with van der Waals surface area (Å²) in [7, 11) is 0. The minimum Gasteiger partial charge on any atom is -0.384 e. The number of carbonyl (C=O) groups is 2. The molecule has 1 saturated carbocycles. The van der Waals surface area contributed by atoms with Crippen LogP contribution in [0.1, 0.15) is 17.5 Å². The van der Waals surface area contributed by atoms with Crippen molar-refractivity contribution < 1.29 is 9.59 Å². The van der Waals surface area contributed by atoms with E-state index in [1.54, 1.807) is 18.3 Å². The Hall–Kier alpha value is -3.15. The number of benzene rings is 1. The van der Waals surface area contributed by atoms with E-state index >= 15 is 0 Å². The summed E-state index contributed by atoms with van der Waals surface area (Å²) in [6, 6.07) is 13.6. The molecule has 0 radical (unpaired) electrons. The lowest BCUT2D eigenvalue weighted by Gasteiger charge is -2.20. The first-order chi connectivity index (χ1) is 13.6. The van der Waals surface area contributed by atoms with Crippen molar-refractivity contribution in [3.05, 3.63) is 65.9 Å². The lowest BCUT2D eigenvalue weighted by Crippen LogP contribution is -2.30. The number of likely N-dealkylation sites (tertiary alicyclic amines) is 1. The third-order valence-corrected chi connectivity index (χ3v) is 5.59. The van der Waals surface area contributed by atoms with Gasteiger partial charge in [0.15, 0.2) is 0 Å². The maximum atomic E-state index is 12.6. The van der Waals surface area contributed by atoms with Gasteiger partial charge in [-0.2, -0.15) is 0 Å². The third-order valence-electron chi connectivity index (χ3n) is 5.59. The van der Waals surface area contributed by atoms with Crippen LogP contribution in [0.5, 0.6) is 0 Å². The van der Waals surface area contributed by atoms with Crippen LogP contribution in [0.2, 0.25) is 0 Å². The standard InChI is InChI=1S/C22H24N4O2/c23-19-8-6-15(12-25-19)7-9-20(27)24-11-10-17-18-14-26(22(28)21(17)18)13-16-4-2-1-3-5-16/h1-9,12,17-18,21H,10-11,13-14H2,(H2,23,25)(H,24,27)/b9-7+/t17-,18-,21+/m1/s1. The molecule has 6 heteroatoms. The van der Waals surface area contributed by atoms with E-state index in [1.165, 1.54) is 11.6 Å². The number of pyridine rings is 1. The topological polar surface area (TPSA) is 88.3 Å². The summed E-state index contributed by atoms with van der Waals surface area (Å²) >= 11 is 0. The Kier molecular flexibility index (Phi) is 5.10. The normalized spacial score (nSPS) is 23.1. The molecule has 28 heavy (non-hydrogen) atoms. The molecule has 6 nitrogen and oxygen atoms in total. The van der Waals surface area contributed by atoms with Crippen molar-refractivity contribution in [1.82, 2.24) is 15.2 Å². The van der Waals surface area contributed by atoms with Gasteiger partial charge in [0.1, 0.15) is 5.82 Å². The van der Waals surface area contributed by atoms with Crippen LogP contribution in [0.25, 0.3) is 6.08 Å². The molecule has 3 N–H and O–H groups in total. The molecule has 144 valence electrons. The molecule has 2 heterocycles. The molecule has 1 aromatic carbocycles. The minimum atomic E-state index is -0.139. The average Bonchev–Trinajstić information content (AvgIpc) is 3.28. The van der Waals surface area contributed by atoms with Gasteiger partial charge in [0.25, 0.3) is 0 Å². The fourth-order valence-corrected chi connectivity index (χ4v) is 4.06. The van der Waals surface area contributed by atoms with E-state index in [4.69, 9.17) is 5.73 Å². The fourth-order valence-electron chi connectivity index (χ4n) is 4.06. The smallest absolute Gasteiger partial charge is 0.244 e. The Morgan fingerprint density at radius 1 is 1.25 bits per heavy atom. The number of nitrogens with zero attached hydrogens (tertiary/aromatic N) is 2. The predicted molar refractivity (Wildman–Crippen MR) is 108 cm³/mol. The largest absolute Gasteiger partial charge is 0.384 e. The van der Waals surface area contributed by atoms with Crippen LogP contribution in [-0.4, -0.2) is 34.8 Å². The first kappa shape index (κ1) is 18.2. The highest BCUT2D eigenvalue weighted by molar-refractivity contribution is 5.91.